The molecule has 0 radical (unpaired) electrons. The van der Waals surface area contributed by atoms with Crippen LogP contribution in [0.5, 0.6) is 11.5 Å². The van der Waals surface area contributed by atoms with Crippen LogP contribution in [0.3, 0.4) is 0 Å². The lowest BCUT2D eigenvalue weighted by molar-refractivity contribution is 0.470. The maximum atomic E-state index is 11.1. The molecule has 0 aliphatic heterocycles. The van der Waals surface area contributed by atoms with Crippen LogP contribution in [0.1, 0.15) is 22.3 Å². The lowest BCUT2D eigenvalue weighted by atomic mass is 9.88. The number of aromatic hydroxyl groups is 2. The SMILES string of the molecule is Cc1cccc(C)c1-c1ccc2c(-c3c(O)ccc4cc(-c5c(C)cccc5C)ccc34)c(O)ccc2c1.O. The van der Waals surface area contributed by atoms with Crippen LogP contribution in [0.2, 0.25) is 0 Å². The maximum absolute atomic E-state index is 11.1. The average Bonchev–Trinajstić information content (AvgIpc) is 2.89. The summed E-state index contributed by atoms with van der Waals surface area (Å²) in [6.07, 6.45) is 0. The third kappa shape index (κ3) is 4.31. The van der Waals surface area contributed by atoms with Gasteiger partial charge in [0.2, 0.25) is 0 Å². The van der Waals surface area contributed by atoms with E-state index in [9.17, 15) is 10.2 Å². The molecule has 3 heteroatoms. The van der Waals surface area contributed by atoms with E-state index in [1.54, 1.807) is 12.1 Å². The molecule has 0 amide bonds. The highest BCUT2D eigenvalue weighted by Gasteiger charge is 2.18. The van der Waals surface area contributed by atoms with Gasteiger partial charge >= 0.3 is 0 Å². The second-order valence-electron chi connectivity index (χ2n) is 10.3. The summed E-state index contributed by atoms with van der Waals surface area (Å²) >= 11 is 0. The second kappa shape index (κ2) is 9.94. The molecule has 6 aromatic carbocycles. The molecule has 194 valence electrons. The molecule has 0 spiro atoms. The summed E-state index contributed by atoms with van der Waals surface area (Å²) in [4.78, 5) is 0. The molecule has 4 N–H and O–H groups in total. The number of fused-ring (bicyclic) bond motifs is 2. The largest absolute Gasteiger partial charge is 0.507 e. The zero-order valence-corrected chi connectivity index (χ0v) is 22.6. The number of hydrogen-bond donors (Lipinski definition) is 2. The van der Waals surface area contributed by atoms with E-state index in [2.05, 4.69) is 100 Å². The maximum Gasteiger partial charge on any atom is 0.124 e. The molecule has 3 nitrogen and oxygen atoms in total. The van der Waals surface area contributed by atoms with Crippen LogP contribution in [0.25, 0.3) is 54.9 Å². The fourth-order valence-electron chi connectivity index (χ4n) is 6.01. The first-order valence-electron chi connectivity index (χ1n) is 13.0. The zero-order valence-electron chi connectivity index (χ0n) is 22.6. The van der Waals surface area contributed by atoms with Gasteiger partial charge in [-0.3, -0.25) is 0 Å². The van der Waals surface area contributed by atoms with E-state index >= 15 is 0 Å². The van der Waals surface area contributed by atoms with E-state index in [-0.39, 0.29) is 17.0 Å². The first kappa shape index (κ1) is 26.0. The minimum atomic E-state index is 0. The summed E-state index contributed by atoms with van der Waals surface area (Å²) in [6, 6.07) is 32.8. The molecular weight excluding hydrogens is 480 g/mol. The minimum Gasteiger partial charge on any atom is -0.507 e. The van der Waals surface area contributed by atoms with E-state index in [4.69, 9.17) is 0 Å². The molecule has 0 aliphatic carbocycles. The Morgan fingerprint density at radius 1 is 0.410 bits per heavy atom. The predicted molar refractivity (Wildman–Crippen MR) is 164 cm³/mol. The van der Waals surface area contributed by atoms with Crippen LogP contribution in [0, 0.1) is 27.7 Å². The van der Waals surface area contributed by atoms with Crippen LogP contribution >= 0.6 is 0 Å². The molecule has 0 aliphatic rings. The monoisotopic (exact) mass is 512 g/mol. The van der Waals surface area contributed by atoms with E-state index in [0.29, 0.717) is 11.1 Å². The minimum absolute atomic E-state index is 0. The van der Waals surface area contributed by atoms with Crippen LogP contribution < -0.4 is 0 Å². The quantitative estimate of drug-likeness (QED) is 0.249. The number of aryl methyl sites for hydroxylation is 4. The highest BCUT2D eigenvalue weighted by atomic mass is 16.3. The molecule has 6 aromatic rings. The van der Waals surface area contributed by atoms with Crippen molar-refractivity contribution in [2.45, 2.75) is 27.7 Å². The van der Waals surface area contributed by atoms with Gasteiger partial charge in [0.25, 0.3) is 0 Å². The molecule has 0 bridgehead atoms. The van der Waals surface area contributed by atoms with Crippen molar-refractivity contribution in [1.82, 2.24) is 0 Å². The molecule has 0 atom stereocenters. The number of rotatable bonds is 3. The van der Waals surface area contributed by atoms with Crippen LogP contribution in [0.4, 0.5) is 0 Å². The van der Waals surface area contributed by atoms with Crippen molar-refractivity contribution in [3.63, 3.8) is 0 Å². The van der Waals surface area contributed by atoms with E-state index in [1.807, 2.05) is 12.1 Å². The van der Waals surface area contributed by atoms with Crippen molar-refractivity contribution in [2.24, 2.45) is 0 Å². The van der Waals surface area contributed by atoms with Crippen molar-refractivity contribution in [3.05, 3.63) is 119 Å². The van der Waals surface area contributed by atoms with Crippen molar-refractivity contribution in [3.8, 4) is 44.9 Å². The van der Waals surface area contributed by atoms with Gasteiger partial charge in [0, 0.05) is 11.1 Å². The zero-order chi connectivity index (χ0) is 26.6. The number of phenols is 2. The van der Waals surface area contributed by atoms with E-state index in [0.717, 1.165) is 32.7 Å². The smallest absolute Gasteiger partial charge is 0.124 e. The third-order valence-corrected chi connectivity index (χ3v) is 7.79. The standard InChI is InChI=1S/C36H30O2.H2O/c1-21-7-5-8-22(2)33(21)27-11-15-29-25(19-27)13-17-31(37)35(29)36-30-16-12-28(20-26(30)14-18-32(36)38)34-23(3)9-6-10-24(34)4;/h5-20,37-38H,1-4H3;1H2. The van der Waals surface area contributed by atoms with Gasteiger partial charge in [-0.15, -0.1) is 0 Å². The van der Waals surface area contributed by atoms with Gasteiger partial charge in [0.15, 0.2) is 0 Å². The number of phenolic OH excluding ortho intramolecular Hbond substituents is 2. The van der Waals surface area contributed by atoms with Crippen molar-refractivity contribution < 1.29 is 15.7 Å². The molecule has 0 saturated carbocycles. The van der Waals surface area contributed by atoms with Gasteiger partial charge < -0.3 is 15.7 Å². The normalized spacial score (nSPS) is 11.1. The number of benzene rings is 6. The summed E-state index contributed by atoms with van der Waals surface area (Å²) in [5.41, 5.74) is 11.0. The Hall–Kier alpha value is -4.60. The van der Waals surface area contributed by atoms with Gasteiger partial charge in [-0.2, -0.15) is 0 Å². The summed E-state index contributed by atoms with van der Waals surface area (Å²) in [7, 11) is 0. The van der Waals surface area contributed by atoms with Gasteiger partial charge in [-0.05, 0) is 118 Å². The van der Waals surface area contributed by atoms with Gasteiger partial charge in [0.05, 0.1) is 0 Å². The Balaban J connectivity index is 0.00000308. The molecule has 0 fully saturated rings. The summed E-state index contributed by atoms with van der Waals surface area (Å²) in [6.45, 7) is 8.54. The molecule has 6 rings (SSSR count). The van der Waals surface area contributed by atoms with Crippen LogP contribution in [-0.2, 0) is 0 Å². The lowest BCUT2D eigenvalue weighted by Crippen LogP contribution is -1.91. The summed E-state index contributed by atoms with van der Waals surface area (Å²) < 4.78 is 0. The van der Waals surface area contributed by atoms with Crippen molar-refractivity contribution >= 4 is 21.5 Å². The van der Waals surface area contributed by atoms with E-state index < -0.39 is 0 Å². The van der Waals surface area contributed by atoms with Gasteiger partial charge in [0.1, 0.15) is 11.5 Å². The van der Waals surface area contributed by atoms with E-state index in [1.165, 1.54) is 33.4 Å². The Morgan fingerprint density at radius 3 is 1.13 bits per heavy atom. The van der Waals surface area contributed by atoms with Gasteiger partial charge in [-0.1, -0.05) is 72.8 Å². The highest BCUT2D eigenvalue weighted by Crippen LogP contribution is 2.46. The molecular formula is C36H32O3. The van der Waals surface area contributed by atoms with Crippen molar-refractivity contribution in [1.29, 1.82) is 0 Å². The second-order valence-corrected chi connectivity index (χ2v) is 10.3. The molecule has 39 heavy (non-hydrogen) atoms. The van der Waals surface area contributed by atoms with Crippen molar-refractivity contribution in [2.75, 3.05) is 0 Å². The van der Waals surface area contributed by atoms with Gasteiger partial charge in [-0.25, -0.2) is 0 Å². The third-order valence-electron chi connectivity index (χ3n) is 7.79. The molecule has 0 unspecified atom stereocenters. The Kier molecular flexibility index (Phi) is 6.63. The molecule has 0 saturated heterocycles. The summed E-state index contributed by atoms with van der Waals surface area (Å²) in [5, 5.41) is 26.1. The van der Waals surface area contributed by atoms with Crippen LogP contribution in [-0.4, -0.2) is 15.7 Å². The highest BCUT2D eigenvalue weighted by molar-refractivity contribution is 6.10. The topological polar surface area (TPSA) is 72.0 Å². The average molecular weight is 513 g/mol. The fourth-order valence-corrected chi connectivity index (χ4v) is 6.01. The first-order chi connectivity index (χ1) is 18.3. The first-order valence-corrected chi connectivity index (χ1v) is 13.0. The Labute approximate surface area is 228 Å². The lowest BCUT2D eigenvalue weighted by Gasteiger charge is -2.17. The molecule has 0 aromatic heterocycles. The summed E-state index contributed by atoms with van der Waals surface area (Å²) in [5.74, 6) is 0.304. The molecule has 0 heterocycles. The number of hydrogen-bond acceptors (Lipinski definition) is 2. The predicted octanol–water partition coefficient (Wildman–Crippen LogP) is 8.81. The fraction of sp³-hybridized carbons (Fsp3) is 0.111. The van der Waals surface area contributed by atoms with Crippen LogP contribution in [0.15, 0.2) is 97.1 Å². The Bertz CT molecular complexity index is 1700. The Morgan fingerprint density at radius 2 is 0.769 bits per heavy atom.